The lowest BCUT2D eigenvalue weighted by molar-refractivity contribution is -0.119. The van der Waals surface area contributed by atoms with Crippen molar-refractivity contribution in [1.29, 1.82) is 0 Å². The van der Waals surface area contributed by atoms with Gasteiger partial charge in [0.2, 0.25) is 0 Å². The Kier molecular flexibility index (Phi) is 4.46. The number of hydrogen-bond donors (Lipinski definition) is 1. The average molecular weight is 264 g/mol. The van der Waals surface area contributed by atoms with Gasteiger partial charge in [-0.3, -0.25) is 4.79 Å². The minimum Gasteiger partial charge on any atom is -0.391 e. The van der Waals surface area contributed by atoms with Crippen LogP contribution in [0.25, 0.3) is 0 Å². The third kappa shape index (κ3) is 3.15. The molecule has 1 aromatic rings. The lowest BCUT2D eigenvalue weighted by Crippen LogP contribution is -2.37. The molecule has 0 unspecified atom stereocenters. The highest BCUT2D eigenvalue weighted by Crippen LogP contribution is 2.48. The highest BCUT2D eigenvalue weighted by Gasteiger charge is 2.41. The Bertz CT molecular complexity index is 396. The van der Waals surface area contributed by atoms with Crippen LogP contribution in [0.4, 0.5) is 0 Å². The summed E-state index contributed by atoms with van der Waals surface area (Å²) in [5.74, 6) is 0.0717. The van der Waals surface area contributed by atoms with Crippen LogP contribution in [0.3, 0.4) is 0 Å². The molecule has 1 fully saturated rings. The molecule has 2 rings (SSSR count). The smallest absolute Gasteiger partial charge is 0.132 e. The molecule has 0 aromatic heterocycles. The minimum atomic E-state index is -0.525. The molecule has 1 atom stereocenters. The number of hydrogen-bond acceptors (Lipinski definition) is 3. The Hall–Kier alpha value is -0.800. The standard InChI is InChI=1S/C15H20O2S/c1-12(16)11-14(17)15(9-5-6-10-15)18-13-7-3-2-4-8-13/h2-4,7-8,14,17H,5-6,9-11H2,1H3/t14-/m1/s1. The first kappa shape index (κ1) is 13.6. The first-order valence-corrected chi connectivity index (χ1v) is 7.36. The zero-order valence-corrected chi connectivity index (χ0v) is 11.6. The van der Waals surface area contributed by atoms with Gasteiger partial charge in [-0.1, -0.05) is 31.0 Å². The molecule has 3 heteroatoms. The maximum Gasteiger partial charge on any atom is 0.132 e. The van der Waals surface area contributed by atoms with Gasteiger partial charge in [-0.2, -0.15) is 0 Å². The van der Waals surface area contributed by atoms with Crippen molar-refractivity contribution in [3.8, 4) is 0 Å². The van der Waals surface area contributed by atoms with E-state index in [1.165, 1.54) is 4.90 Å². The van der Waals surface area contributed by atoms with Crippen LogP contribution in [-0.2, 0) is 4.79 Å². The summed E-state index contributed by atoms with van der Waals surface area (Å²) in [6.07, 6.45) is 4.05. The summed E-state index contributed by atoms with van der Waals surface area (Å²) in [6.45, 7) is 1.55. The fourth-order valence-electron chi connectivity index (χ4n) is 2.66. The van der Waals surface area contributed by atoms with Crippen molar-refractivity contribution in [2.75, 3.05) is 0 Å². The Labute approximate surface area is 113 Å². The van der Waals surface area contributed by atoms with E-state index in [9.17, 15) is 9.90 Å². The Balaban J connectivity index is 2.14. The van der Waals surface area contributed by atoms with Crippen LogP contribution in [-0.4, -0.2) is 21.7 Å². The molecule has 0 aliphatic heterocycles. The van der Waals surface area contributed by atoms with E-state index in [0.29, 0.717) is 0 Å². The summed E-state index contributed by atoms with van der Waals surface area (Å²) >= 11 is 1.75. The monoisotopic (exact) mass is 264 g/mol. The summed E-state index contributed by atoms with van der Waals surface area (Å²) in [4.78, 5) is 12.4. The molecule has 0 radical (unpaired) electrons. The van der Waals surface area contributed by atoms with Crippen molar-refractivity contribution in [3.05, 3.63) is 30.3 Å². The van der Waals surface area contributed by atoms with Gasteiger partial charge in [0.1, 0.15) is 5.78 Å². The molecule has 1 saturated carbocycles. The van der Waals surface area contributed by atoms with Gasteiger partial charge in [0, 0.05) is 16.1 Å². The molecule has 1 N–H and O–H groups in total. The molecule has 0 spiro atoms. The summed E-state index contributed by atoms with van der Waals surface area (Å²) in [5, 5.41) is 10.4. The van der Waals surface area contributed by atoms with E-state index in [0.717, 1.165) is 25.7 Å². The first-order chi connectivity index (χ1) is 8.62. The highest BCUT2D eigenvalue weighted by atomic mass is 32.2. The van der Waals surface area contributed by atoms with Crippen LogP contribution in [0.15, 0.2) is 35.2 Å². The second-order valence-electron chi connectivity index (χ2n) is 5.11. The molecule has 0 heterocycles. The Morgan fingerprint density at radius 2 is 1.94 bits per heavy atom. The van der Waals surface area contributed by atoms with Crippen LogP contribution in [0.2, 0.25) is 0 Å². The molecule has 0 bridgehead atoms. The largest absolute Gasteiger partial charge is 0.391 e. The molecule has 1 aliphatic carbocycles. The fraction of sp³-hybridized carbons (Fsp3) is 0.533. The fourth-order valence-corrected chi connectivity index (χ4v) is 4.13. The van der Waals surface area contributed by atoms with Crippen molar-refractivity contribution in [1.82, 2.24) is 0 Å². The summed E-state index contributed by atoms with van der Waals surface area (Å²) in [6, 6.07) is 10.2. The molecular formula is C15H20O2S. The molecule has 0 amide bonds. The predicted molar refractivity (Wildman–Crippen MR) is 74.8 cm³/mol. The van der Waals surface area contributed by atoms with Gasteiger partial charge in [-0.25, -0.2) is 0 Å². The van der Waals surface area contributed by atoms with Gasteiger partial charge in [-0.05, 0) is 31.9 Å². The summed E-state index contributed by atoms with van der Waals surface area (Å²) < 4.78 is -0.160. The SMILES string of the molecule is CC(=O)C[C@@H](O)C1(Sc2ccccc2)CCCC1. The van der Waals surface area contributed by atoms with Crippen molar-refractivity contribution in [2.24, 2.45) is 0 Å². The van der Waals surface area contributed by atoms with E-state index < -0.39 is 6.10 Å². The third-order valence-electron chi connectivity index (χ3n) is 3.60. The van der Waals surface area contributed by atoms with E-state index in [2.05, 4.69) is 12.1 Å². The topological polar surface area (TPSA) is 37.3 Å². The van der Waals surface area contributed by atoms with E-state index in [1.807, 2.05) is 18.2 Å². The Morgan fingerprint density at radius 1 is 1.33 bits per heavy atom. The van der Waals surface area contributed by atoms with Crippen LogP contribution in [0.1, 0.15) is 39.0 Å². The van der Waals surface area contributed by atoms with E-state index in [4.69, 9.17) is 0 Å². The molecule has 2 nitrogen and oxygen atoms in total. The second kappa shape index (κ2) is 5.89. The number of carbonyl (C=O) groups excluding carboxylic acids is 1. The quantitative estimate of drug-likeness (QED) is 0.885. The number of aliphatic hydroxyl groups excluding tert-OH is 1. The maximum absolute atomic E-state index is 11.2. The summed E-state index contributed by atoms with van der Waals surface area (Å²) in [5.41, 5.74) is 0. The highest BCUT2D eigenvalue weighted by molar-refractivity contribution is 8.00. The molecule has 18 heavy (non-hydrogen) atoms. The zero-order valence-electron chi connectivity index (χ0n) is 10.8. The van der Waals surface area contributed by atoms with Gasteiger partial charge in [-0.15, -0.1) is 11.8 Å². The lowest BCUT2D eigenvalue weighted by atomic mass is 9.95. The maximum atomic E-state index is 11.2. The van der Waals surface area contributed by atoms with E-state index in [-0.39, 0.29) is 17.0 Å². The third-order valence-corrected chi connectivity index (χ3v) is 5.20. The normalized spacial score (nSPS) is 19.7. The van der Waals surface area contributed by atoms with Gasteiger partial charge in [0.25, 0.3) is 0 Å². The number of benzene rings is 1. The predicted octanol–water partition coefficient (Wildman–Crippen LogP) is 3.43. The summed E-state index contributed by atoms with van der Waals surface area (Å²) in [7, 11) is 0. The van der Waals surface area contributed by atoms with Crippen molar-refractivity contribution in [2.45, 2.75) is 54.8 Å². The van der Waals surface area contributed by atoms with Crippen LogP contribution < -0.4 is 0 Å². The van der Waals surface area contributed by atoms with Gasteiger partial charge < -0.3 is 5.11 Å². The minimum absolute atomic E-state index is 0.0717. The first-order valence-electron chi connectivity index (χ1n) is 6.54. The zero-order chi connectivity index (χ0) is 13.0. The molecule has 1 aliphatic rings. The molecular weight excluding hydrogens is 244 g/mol. The molecule has 1 aromatic carbocycles. The average Bonchev–Trinajstić information content (AvgIpc) is 2.79. The van der Waals surface area contributed by atoms with Crippen molar-refractivity contribution in [3.63, 3.8) is 0 Å². The second-order valence-corrected chi connectivity index (χ2v) is 6.60. The van der Waals surface area contributed by atoms with Crippen LogP contribution in [0, 0.1) is 0 Å². The van der Waals surface area contributed by atoms with Crippen LogP contribution in [0.5, 0.6) is 0 Å². The number of carbonyl (C=O) groups is 1. The number of rotatable bonds is 5. The van der Waals surface area contributed by atoms with Gasteiger partial charge in [0.05, 0.1) is 6.10 Å². The van der Waals surface area contributed by atoms with E-state index >= 15 is 0 Å². The van der Waals surface area contributed by atoms with Gasteiger partial charge >= 0.3 is 0 Å². The molecule has 98 valence electrons. The number of Topliss-reactive ketones (excluding diaryl/α,β-unsaturated/α-hetero) is 1. The van der Waals surface area contributed by atoms with E-state index in [1.54, 1.807) is 18.7 Å². The lowest BCUT2D eigenvalue weighted by Gasteiger charge is -2.33. The van der Waals surface area contributed by atoms with Gasteiger partial charge in [0.15, 0.2) is 0 Å². The number of ketones is 1. The van der Waals surface area contributed by atoms with Crippen LogP contribution >= 0.6 is 11.8 Å². The number of thioether (sulfide) groups is 1. The molecule has 0 saturated heterocycles. The van der Waals surface area contributed by atoms with Crippen molar-refractivity contribution >= 4 is 17.5 Å². The number of aliphatic hydroxyl groups is 1. The van der Waals surface area contributed by atoms with Crippen molar-refractivity contribution < 1.29 is 9.90 Å². The Morgan fingerprint density at radius 3 is 2.50 bits per heavy atom.